The van der Waals surface area contributed by atoms with Crippen LogP contribution < -0.4 is 15.5 Å². The van der Waals surface area contributed by atoms with Crippen LogP contribution in [0.1, 0.15) is 24.3 Å². The lowest BCUT2D eigenvalue weighted by Crippen LogP contribution is -2.20. The average molecular weight is 375 g/mol. The first-order chi connectivity index (χ1) is 13.6. The van der Waals surface area contributed by atoms with Gasteiger partial charge in [-0.2, -0.15) is 0 Å². The van der Waals surface area contributed by atoms with Crippen LogP contribution in [-0.2, 0) is 4.79 Å². The fraction of sp³-hybridized carbons (Fsp3) is 0.143. The predicted octanol–water partition coefficient (Wildman–Crippen LogP) is 3.85. The normalized spacial score (nSPS) is 10.2. The van der Waals surface area contributed by atoms with Crippen molar-refractivity contribution >= 4 is 34.7 Å². The number of rotatable bonds is 6. The van der Waals surface area contributed by atoms with E-state index in [0.29, 0.717) is 23.7 Å². The van der Waals surface area contributed by atoms with Crippen molar-refractivity contribution < 1.29 is 9.59 Å². The van der Waals surface area contributed by atoms with E-state index in [1.807, 2.05) is 42.2 Å². The maximum absolute atomic E-state index is 12.6. The van der Waals surface area contributed by atoms with Crippen LogP contribution in [0.5, 0.6) is 0 Å². The highest BCUT2D eigenvalue weighted by molar-refractivity contribution is 6.03. The molecule has 142 valence electrons. The number of amides is 2. The number of para-hydroxylation sites is 1. The number of aromatic nitrogens is 2. The highest BCUT2D eigenvalue weighted by atomic mass is 16.2. The molecular weight excluding hydrogens is 354 g/mol. The predicted molar refractivity (Wildman–Crippen MR) is 110 cm³/mol. The van der Waals surface area contributed by atoms with Crippen molar-refractivity contribution in [1.82, 2.24) is 9.97 Å². The minimum absolute atomic E-state index is 0.176. The minimum atomic E-state index is -0.354. The molecule has 1 aromatic heterocycles. The Labute approximate surface area is 163 Å². The number of benzene rings is 2. The number of nitrogens with one attached hydrogen (secondary N) is 2. The van der Waals surface area contributed by atoms with Gasteiger partial charge in [-0.1, -0.05) is 24.3 Å². The summed E-state index contributed by atoms with van der Waals surface area (Å²) in [6.07, 6.45) is 1.38. The van der Waals surface area contributed by atoms with Crippen LogP contribution in [0, 0.1) is 0 Å². The van der Waals surface area contributed by atoms with E-state index in [1.165, 1.54) is 13.3 Å². The van der Waals surface area contributed by atoms with E-state index >= 15 is 0 Å². The summed E-state index contributed by atoms with van der Waals surface area (Å²) in [5.41, 5.74) is 2.41. The molecule has 1 heterocycles. The van der Waals surface area contributed by atoms with Gasteiger partial charge in [0.05, 0.1) is 0 Å². The highest BCUT2D eigenvalue weighted by Gasteiger charge is 2.14. The van der Waals surface area contributed by atoms with E-state index in [2.05, 4.69) is 20.6 Å². The molecule has 0 atom stereocenters. The Morgan fingerprint density at radius 2 is 1.64 bits per heavy atom. The maximum atomic E-state index is 12.6. The van der Waals surface area contributed by atoms with Gasteiger partial charge in [0.15, 0.2) is 0 Å². The number of hydrogen-bond acceptors (Lipinski definition) is 5. The van der Waals surface area contributed by atoms with Crippen molar-refractivity contribution in [2.45, 2.75) is 13.8 Å². The molecule has 2 amide bonds. The number of nitrogens with zero attached hydrogens (tertiary/aromatic N) is 3. The Balaban J connectivity index is 1.80. The lowest BCUT2D eigenvalue weighted by Gasteiger charge is -2.22. The molecular formula is C21H21N5O2. The van der Waals surface area contributed by atoms with Gasteiger partial charge in [-0.25, -0.2) is 9.97 Å². The van der Waals surface area contributed by atoms with Gasteiger partial charge in [-0.15, -0.1) is 0 Å². The van der Waals surface area contributed by atoms with Crippen LogP contribution in [0.2, 0.25) is 0 Å². The van der Waals surface area contributed by atoms with Crippen LogP contribution in [0.25, 0.3) is 0 Å². The van der Waals surface area contributed by atoms with E-state index in [9.17, 15) is 9.59 Å². The molecule has 0 bridgehead atoms. The number of anilines is 4. The SMILES string of the molecule is CCN(c1ccccc1)c1cc(C(=O)Nc2cccc(NC(C)=O)c2)ncn1. The largest absolute Gasteiger partial charge is 0.327 e. The van der Waals surface area contributed by atoms with E-state index in [-0.39, 0.29) is 17.5 Å². The molecule has 0 unspecified atom stereocenters. The van der Waals surface area contributed by atoms with Gasteiger partial charge >= 0.3 is 0 Å². The zero-order valence-corrected chi connectivity index (χ0v) is 15.7. The third kappa shape index (κ3) is 4.70. The molecule has 7 nitrogen and oxygen atoms in total. The summed E-state index contributed by atoms with van der Waals surface area (Å²) in [5.74, 6) is 0.109. The van der Waals surface area contributed by atoms with Crippen molar-refractivity contribution in [1.29, 1.82) is 0 Å². The quantitative estimate of drug-likeness (QED) is 0.683. The van der Waals surface area contributed by atoms with Crippen molar-refractivity contribution in [3.8, 4) is 0 Å². The number of carbonyl (C=O) groups is 2. The number of hydrogen-bond donors (Lipinski definition) is 2. The van der Waals surface area contributed by atoms with Crippen LogP contribution >= 0.6 is 0 Å². The first kappa shape index (κ1) is 19.0. The van der Waals surface area contributed by atoms with Gasteiger partial charge in [0, 0.05) is 36.6 Å². The first-order valence-corrected chi connectivity index (χ1v) is 8.90. The third-order valence-corrected chi connectivity index (χ3v) is 3.99. The second-order valence-corrected chi connectivity index (χ2v) is 6.06. The van der Waals surface area contributed by atoms with Crippen LogP contribution in [0.15, 0.2) is 67.0 Å². The van der Waals surface area contributed by atoms with Gasteiger partial charge in [-0.05, 0) is 37.3 Å². The maximum Gasteiger partial charge on any atom is 0.274 e. The van der Waals surface area contributed by atoms with E-state index < -0.39 is 0 Å². The molecule has 3 aromatic rings. The molecule has 0 aliphatic heterocycles. The summed E-state index contributed by atoms with van der Waals surface area (Å²) in [4.78, 5) is 34.2. The van der Waals surface area contributed by atoms with Gasteiger partial charge in [0.25, 0.3) is 5.91 Å². The molecule has 0 fully saturated rings. The molecule has 0 saturated heterocycles. The molecule has 0 aliphatic carbocycles. The Bertz CT molecular complexity index is 975. The fourth-order valence-corrected chi connectivity index (χ4v) is 2.78. The van der Waals surface area contributed by atoms with E-state index in [4.69, 9.17) is 0 Å². The van der Waals surface area contributed by atoms with Crippen molar-refractivity contribution in [2.75, 3.05) is 22.1 Å². The Morgan fingerprint density at radius 1 is 0.929 bits per heavy atom. The van der Waals surface area contributed by atoms with E-state index in [0.717, 1.165) is 5.69 Å². The molecule has 0 radical (unpaired) electrons. The lowest BCUT2D eigenvalue weighted by molar-refractivity contribution is -0.114. The zero-order chi connectivity index (χ0) is 19.9. The van der Waals surface area contributed by atoms with Gasteiger partial charge < -0.3 is 15.5 Å². The molecule has 0 aliphatic rings. The van der Waals surface area contributed by atoms with Crippen LogP contribution in [0.3, 0.4) is 0 Å². The molecule has 2 aromatic carbocycles. The molecule has 2 N–H and O–H groups in total. The van der Waals surface area contributed by atoms with Gasteiger partial charge in [-0.3, -0.25) is 9.59 Å². The van der Waals surface area contributed by atoms with E-state index in [1.54, 1.807) is 30.3 Å². The Hall–Kier alpha value is -3.74. The number of carbonyl (C=O) groups excluding carboxylic acids is 2. The van der Waals surface area contributed by atoms with Gasteiger partial charge in [0.1, 0.15) is 17.8 Å². The summed E-state index contributed by atoms with van der Waals surface area (Å²) in [7, 11) is 0. The topological polar surface area (TPSA) is 87.2 Å². The van der Waals surface area contributed by atoms with Crippen molar-refractivity contribution in [3.05, 3.63) is 72.7 Å². The van der Waals surface area contributed by atoms with Crippen molar-refractivity contribution in [3.63, 3.8) is 0 Å². The van der Waals surface area contributed by atoms with Crippen LogP contribution in [0.4, 0.5) is 22.9 Å². The second-order valence-electron chi connectivity index (χ2n) is 6.06. The molecule has 0 saturated carbocycles. The molecule has 0 spiro atoms. The summed E-state index contributed by atoms with van der Waals surface area (Å²) >= 11 is 0. The van der Waals surface area contributed by atoms with Crippen LogP contribution in [-0.4, -0.2) is 28.3 Å². The van der Waals surface area contributed by atoms with Crippen molar-refractivity contribution in [2.24, 2.45) is 0 Å². The zero-order valence-electron chi connectivity index (χ0n) is 15.7. The standard InChI is InChI=1S/C21H21N5O2/c1-3-26(18-10-5-4-6-11-18)20-13-19(22-14-23-20)21(28)25-17-9-7-8-16(12-17)24-15(2)27/h4-14H,3H2,1-2H3,(H,24,27)(H,25,28). The minimum Gasteiger partial charge on any atom is -0.327 e. The first-order valence-electron chi connectivity index (χ1n) is 8.90. The fourth-order valence-electron chi connectivity index (χ4n) is 2.78. The summed E-state index contributed by atoms with van der Waals surface area (Å²) in [5, 5.41) is 5.48. The highest BCUT2D eigenvalue weighted by Crippen LogP contribution is 2.23. The molecule has 7 heteroatoms. The molecule has 3 rings (SSSR count). The third-order valence-electron chi connectivity index (χ3n) is 3.99. The van der Waals surface area contributed by atoms with Gasteiger partial charge in [0.2, 0.25) is 5.91 Å². The lowest BCUT2D eigenvalue weighted by atomic mass is 10.2. The summed E-state index contributed by atoms with van der Waals surface area (Å²) in [6, 6.07) is 18.4. The summed E-state index contributed by atoms with van der Waals surface area (Å²) < 4.78 is 0. The Morgan fingerprint density at radius 3 is 2.32 bits per heavy atom. The Kier molecular flexibility index (Phi) is 5.96. The monoisotopic (exact) mass is 375 g/mol. The average Bonchev–Trinajstić information content (AvgIpc) is 2.69. The second kappa shape index (κ2) is 8.77. The molecule has 28 heavy (non-hydrogen) atoms. The summed E-state index contributed by atoms with van der Waals surface area (Å²) in [6.45, 7) is 4.14. The smallest absolute Gasteiger partial charge is 0.274 e.